The van der Waals surface area contributed by atoms with Crippen LogP contribution < -0.4 is 10.1 Å². The van der Waals surface area contributed by atoms with Gasteiger partial charge in [0.25, 0.3) is 0 Å². The van der Waals surface area contributed by atoms with Crippen LogP contribution in [-0.4, -0.2) is 13.0 Å². The van der Waals surface area contributed by atoms with E-state index in [1.165, 1.54) is 5.56 Å². The molecule has 1 N–H and O–H groups in total. The van der Waals surface area contributed by atoms with E-state index in [2.05, 4.69) is 31.3 Å². The first-order chi connectivity index (χ1) is 11.0. The summed E-state index contributed by atoms with van der Waals surface area (Å²) in [7, 11) is 1.60. The Bertz CT molecular complexity index is 647. The van der Waals surface area contributed by atoms with Gasteiger partial charge in [-0.2, -0.15) is 0 Å². The molecule has 23 heavy (non-hydrogen) atoms. The van der Waals surface area contributed by atoms with Crippen molar-refractivity contribution >= 4 is 11.6 Å². The number of carbonyl (C=O) groups excluding carboxylic acids is 1. The minimum absolute atomic E-state index is 0.0360. The second kappa shape index (κ2) is 7.82. The Morgan fingerprint density at radius 1 is 1.04 bits per heavy atom. The van der Waals surface area contributed by atoms with Gasteiger partial charge >= 0.3 is 0 Å². The molecule has 1 atom stereocenters. The molecule has 122 valence electrons. The summed E-state index contributed by atoms with van der Waals surface area (Å²) in [4.78, 5) is 12.5. The molecule has 0 bridgehead atoms. The third-order valence-electron chi connectivity index (χ3n) is 3.88. The van der Waals surface area contributed by atoms with Crippen LogP contribution in [0.25, 0.3) is 0 Å². The minimum atomic E-state index is -0.215. The number of anilines is 1. The maximum atomic E-state index is 12.5. The highest BCUT2D eigenvalue weighted by molar-refractivity contribution is 5.96. The Morgan fingerprint density at radius 2 is 1.70 bits per heavy atom. The van der Waals surface area contributed by atoms with Gasteiger partial charge in [-0.25, -0.2) is 0 Å². The fraction of sp³-hybridized carbons (Fsp3) is 0.350. The zero-order chi connectivity index (χ0) is 16.8. The van der Waals surface area contributed by atoms with Gasteiger partial charge in [0.05, 0.1) is 18.7 Å². The first kappa shape index (κ1) is 17.1. The lowest BCUT2D eigenvalue weighted by Crippen LogP contribution is -2.19. The molecule has 0 aliphatic carbocycles. The number of amides is 1. The molecule has 0 aliphatic rings. The molecule has 0 radical (unpaired) electrons. The van der Waals surface area contributed by atoms with E-state index >= 15 is 0 Å². The van der Waals surface area contributed by atoms with E-state index < -0.39 is 0 Å². The SMILES string of the molecule is COc1ccccc1NC(=O)[C@H](C)c1ccc(CC(C)C)cc1. The molecule has 1 amide bonds. The predicted octanol–water partition coefficient (Wildman–Crippen LogP) is 4.64. The van der Waals surface area contributed by atoms with Crippen LogP contribution >= 0.6 is 0 Å². The lowest BCUT2D eigenvalue weighted by atomic mass is 9.96. The summed E-state index contributed by atoms with van der Waals surface area (Å²) in [6.07, 6.45) is 1.06. The van der Waals surface area contributed by atoms with Gasteiger partial charge in [-0.05, 0) is 42.5 Å². The van der Waals surface area contributed by atoms with E-state index in [0.717, 1.165) is 12.0 Å². The molecule has 2 aromatic rings. The van der Waals surface area contributed by atoms with Crippen molar-refractivity contribution in [2.24, 2.45) is 5.92 Å². The molecule has 0 saturated heterocycles. The van der Waals surface area contributed by atoms with Crippen molar-refractivity contribution in [2.75, 3.05) is 12.4 Å². The maximum absolute atomic E-state index is 12.5. The fourth-order valence-corrected chi connectivity index (χ4v) is 2.55. The van der Waals surface area contributed by atoms with E-state index in [1.54, 1.807) is 7.11 Å². The summed E-state index contributed by atoms with van der Waals surface area (Å²) in [6.45, 7) is 6.33. The summed E-state index contributed by atoms with van der Waals surface area (Å²) in [6, 6.07) is 15.8. The molecule has 0 fully saturated rings. The van der Waals surface area contributed by atoms with Gasteiger partial charge in [-0.3, -0.25) is 4.79 Å². The molecule has 0 spiro atoms. The van der Waals surface area contributed by atoms with E-state index in [-0.39, 0.29) is 11.8 Å². The molecule has 2 aromatic carbocycles. The Morgan fingerprint density at radius 3 is 2.30 bits per heavy atom. The Balaban J connectivity index is 2.07. The molecular weight excluding hydrogens is 286 g/mol. The van der Waals surface area contributed by atoms with Gasteiger partial charge in [-0.15, -0.1) is 0 Å². The van der Waals surface area contributed by atoms with Crippen LogP contribution in [0, 0.1) is 5.92 Å². The third-order valence-corrected chi connectivity index (χ3v) is 3.88. The number of methoxy groups -OCH3 is 1. The number of hydrogen-bond donors (Lipinski definition) is 1. The molecule has 3 nitrogen and oxygen atoms in total. The fourth-order valence-electron chi connectivity index (χ4n) is 2.55. The molecule has 3 heteroatoms. The molecule has 0 saturated carbocycles. The Labute approximate surface area is 138 Å². The summed E-state index contributed by atoms with van der Waals surface area (Å²) in [5.74, 6) is 1.05. The van der Waals surface area contributed by atoms with Crippen molar-refractivity contribution in [1.29, 1.82) is 0 Å². The van der Waals surface area contributed by atoms with Crippen LogP contribution in [0.1, 0.15) is 37.8 Å². The van der Waals surface area contributed by atoms with Crippen LogP contribution in [-0.2, 0) is 11.2 Å². The van der Waals surface area contributed by atoms with Crippen LogP contribution in [0.3, 0.4) is 0 Å². The Hall–Kier alpha value is -2.29. The third kappa shape index (κ3) is 4.59. The van der Waals surface area contributed by atoms with Crippen molar-refractivity contribution in [3.8, 4) is 5.75 Å². The molecule has 0 heterocycles. The van der Waals surface area contributed by atoms with Gasteiger partial charge in [0.15, 0.2) is 0 Å². The summed E-state index contributed by atoms with van der Waals surface area (Å²) in [5.41, 5.74) is 3.02. The predicted molar refractivity (Wildman–Crippen MR) is 95.0 cm³/mol. The van der Waals surface area contributed by atoms with Crippen molar-refractivity contribution in [3.05, 3.63) is 59.7 Å². The molecule has 2 rings (SSSR count). The van der Waals surface area contributed by atoms with Gasteiger partial charge in [0.2, 0.25) is 5.91 Å². The average molecular weight is 311 g/mol. The number of rotatable bonds is 6. The number of hydrogen-bond acceptors (Lipinski definition) is 2. The standard InChI is InChI=1S/C20H25NO2/c1-14(2)13-16-9-11-17(12-10-16)15(3)20(22)21-18-7-5-6-8-19(18)23-4/h5-12,14-15H,13H2,1-4H3,(H,21,22)/t15-/m1/s1. The summed E-state index contributed by atoms with van der Waals surface area (Å²) >= 11 is 0. The number of carbonyl (C=O) groups is 1. The number of para-hydroxylation sites is 2. The highest BCUT2D eigenvalue weighted by Crippen LogP contribution is 2.25. The number of benzene rings is 2. The van der Waals surface area contributed by atoms with Crippen molar-refractivity contribution < 1.29 is 9.53 Å². The lowest BCUT2D eigenvalue weighted by molar-refractivity contribution is -0.117. The highest BCUT2D eigenvalue weighted by atomic mass is 16.5. The van der Waals surface area contributed by atoms with Gasteiger partial charge in [-0.1, -0.05) is 50.2 Å². The van der Waals surface area contributed by atoms with Crippen molar-refractivity contribution in [1.82, 2.24) is 0 Å². The average Bonchev–Trinajstić information content (AvgIpc) is 2.55. The lowest BCUT2D eigenvalue weighted by Gasteiger charge is -2.15. The molecule has 0 aromatic heterocycles. The second-order valence-corrected chi connectivity index (χ2v) is 6.25. The zero-order valence-electron chi connectivity index (χ0n) is 14.3. The summed E-state index contributed by atoms with van der Waals surface area (Å²) < 4.78 is 5.27. The quantitative estimate of drug-likeness (QED) is 0.844. The molecule has 0 unspecified atom stereocenters. The van der Waals surface area contributed by atoms with Gasteiger partial charge in [0, 0.05) is 0 Å². The monoisotopic (exact) mass is 311 g/mol. The summed E-state index contributed by atoms with van der Waals surface area (Å²) in [5, 5.41) is 2.94. The molecule has 0 aliphatic heterocycles. The van der Waals surface area contributed by atoms with E-state index in [4.69, 9.17) is 4.74 Å². The van der Waals surface area contributed by atoms with Crippen molar-refractivity contribution in [3.63, 3.8) is 0 Å². The normalized spacial score (nSPS) is 12.0. The minimum Gasteiger partial charge on any atom is -0.495 e. The topological polar surface area (TPSA) is 38.3 Å². The first-order valence-electron chi connectivity index (χ1n) is 8.04. The molecular formula is C20H25NO2. The van der Waals surface area contributed by atoms with Crippen LogP contribution in [0.5, 0.6) is 5.75 Å². The van der Waals surface area contributed by atoms with Crippen LogP contribution in [0.15, 0.2) is 48.5 Å². The van der Waals surface area contributed by atoms with E-state index in [0.29, 0.717) is 17.4 Å². The van der Waals surface area contributed by atoms with Gasteiger partial charge < -0.3 is 10.1 Å². The van der Waals surface area contributed by atoms with Crippen LogP contribution in [0.2, 0.25) is 0 Å². The maximum Gasteiger partial charge on any atom is 0.231 e. The van der Waals surface area contributed by atoms with Crippen LogP contribution in [0.4, 0.5) is 5.69 Å². The highest BCUT2D eigenvalue weighted by Gasteiger charge is 2.16. The Kier molecular flexibility index (Phi) is 5.80. The zero-order valence-corrected chi connectivity index (χ0v) is 14.3. The second-order valence-electron chi connectivity index (χ2n) is 6.25. The first-order valence-corrected chi connectivity index (χ1v) is 8.04. The number of ether oxygens (including phenoxy) is 1. The van der Waals surface area contributed by atoms with E-state index in [9.17, 15) is 4.79 Å². The van der Waals surface area contributed by atoms with E-state index in [1.807, 2.05) is 43.3 Å². The van der Waals surface area contributed by atoms with Gasteiger partial charge in [0.1, 0.15) is 5.75 Å². The smallest absolute Gasteiger partial charge is 0.231 e. The largest absolute Gasteiger partial charge is 0.495 e. The van der Waals surface area contributed by atoms with Crippen molar-refractivity contribution in [2.45, 2.75) is 33.1 Å². The number of nitrogens with one attached hydrogen (secondary N) is 1.